The Morgan fingerprint density at radius 3 is 3.00 bits per heavy atom. The minimum Gasteiger partial charge on any atom is -0.465 e. The van der Waals surface area contributed by atoms with E-state index >= 15 is 0 Å². The zero-order valence-corrected chi connectivity index (χ0v) is 17.0. The molecule has 0 amide bonds. The Morgan fingerprint density at radius 1 is 1.48 bits per heavy atom. The van der Waals surface area contributed by atoms with Crippen LogP contribution in [0.1, 0.15) is 33.6 Å². The number of aryl methyl sites for hydroxylation is 1. The van der Waals surface area contributed by atoms with Crippen LogP contribution in [-0.4, -0.2) is 34.5 Å². The number of nitrogens with one attached hydrogen (secondary N) is 2. The number of methoxy groups -OCH3 is 1. The standard InChI is InChI=1S/C16H19BrN4O2S2/c1-23-15(22)13-11-4-2-3-5-12(11)25-14(13)20-16(24)18-6-7-21-9-10(17)8-19-21/h8-9H,2-7H2,1H3,(H2,18,20,24). The molecule has 6 nitrogen and oxygen atoms in total. The van der Waals surface area contributed by atoms with Gasteiger partial charge in [0, 0.05) is 17.6 Å². The SMILES string of the molecule is COC(=O)c1c(NC(=S)NCCn2cc(Br)cn2)sc2c1CCCC2. The first-order valence-corrected chi connectivity index (χ1v) is 10.1. The molecule has 2 aromatic heterocycles. The van der Waals surface area contributed by atoms with E-state index in [1.54, 1.807) is 17.5 Å². The van der Waals surface area contributed by atoms with Gasteiger partial charge in [-0.05, 0) is 59.4 Å². The Hall–Kier alpha value is -1.45. The van der Waals surface area contributed by atoms with Crippen LogP contribution in [0.4, 0.5) is 5.00 Å². The number of thiocarbonyl (C=S) groups is 1. The van der Waals surface area contributed by atoms with E-state index in [4.69, 9.17) is 17.0 Å². The van der Waals surface area contributed by atoms with Crippen LogP contribution >= 0.6 is 39.5 Å². The van der Waals surface area contributed by atoms with Crippen LogP contribution in [0.5, 0.6) is 0 Å². The third-order valence-corrected chi connectivity index (χ3v) is 5.88. The maximum absolute atomic E-state index is 12.2. The average Bonchev–Trinajstić information content (AvgIpc) is 3.17. The topological polar surface area (TPSA) is 68.2 Å². The van der Waals surface area contributed by atoms with Gasteiger partial charge in [0.2, 0.25) is 0 Å². The number of esters is 1. The van der Waals surface area contributed by atoms with Gasteiger partial charge in [-0.3, -0.25) is 4.68 Å². The first-order valence-electron chi connectivity index (χ1n) is 8.04. The highest BCUT2D eigenvalue weighted by molar-refractivity contribution is 9.10. The summed E-state index contributed by atoms with van der Waals surface area (Å²) in [7, 11) is 1.41. The average molecular weight is 443 g/mol. The molecular formula is C16H19BrN4O2S2. The maximum atomic E-state index is 12.2. The summed E-state index contributed by atoms with van der Waals surface area (Å²) < 4.78 is 7.74. The molecule has 134 valence electrons. The van der Waals surface area contributed by atoms with E-state index in [0.29, 0.717) is 23.8 Å². The molecule has 25 heavy (non-hydrogen) atoms. The van der Waals surface area contributed by atoms with Crippen molar-refractivity contribution in [3.8, 4) is 0 Å². The summed E-state index contributed by atoms with van der Waals surface area (Å²) in [5.74, 6) is -0.300. The molecule has 1 aliphatic rings. The molecule has 0 radical (unpaired) electrons. The molecule has 9 heteroatoms. The number of hydrogen-bond acceptors (Lipinski definition) is 5. The Morgan fingerprint density at radius 2 is 2.28 bits per heavy atom. The van der Waals surface area contributed by atoms with Crippen molar-refractivity contribution in [3.63, 3.8) is 0 Å². The Labute approximate surface area is 164 Å². The first kappa shape index (κ1) is 18.3. The lowest BCUT2D eigenvalue weighted by Gasteiger charge is -2.12. The Kier molecular flexibility index (Phi) is 6.08. The van der Waals surface area contributed by atoms with Crippen LogP contribution < -0.4 is 10.6 Å². The van der Waals surface area contributed by atoms with Gasteiger partial charge in [-0.1, -0.05) is 0 Å². The Bertz CT molecular complexity index is 787. The van der Waals surface area contributed by atoms with Gasteiger partial charge in [-0.2, -0.15) is 5.10 Å². The van der Waals surface area contributed by atoms with E-state index in [-0.39, 0.29) is 5.97 Å². The van der Waals surface area contributed by atoms with Crippen molar-refractivity contribution >= 4 is 55.6 Å². The number of anilines is 1. The number of rotatable bonds is 5. The zero-order chi connectivity index (χ0) is 17.8. The number of ether oxygens (including phenoxy) is 1. The summed E-state index contributed by atoms with van der Waals surface area (Å²) in [6.45, 7) is 1.33. The molecule has 0 bridgehead atoms. The van der Waals surface area contributed by atoms with Crippen molar-refractivity contribution in [1.82, 2.24) is 15.1 Å². The van der Waals surface area contributed by atoms with Gasteiger partial charge in [0.1, 0.15) is 5.00 Å². The number of aromatic nitrogens is 2. The van der Waals surface area contributed by atoms with Crippen molar-refractivity contribution in [2.45, 2.75) is 32.2 Å². The predicted octanol–water partition coefficient (Wildman–Crippen LogP) is 3.36. The van der Waals surface area contributed by atoms with Gasteiger partial charge in [-0.15, -0.1) is 11.3 Å². The monoisotopic (exact) mass is 442 g/mol. The van der Waals surface area contributed by atoms with Gasteiger partial charge in [0.05, 0.1) is 29.9 Å². The highest BCUT2D eigenvalue weighted by Gasteiger charge is 2.26. The minimum absolute atomic E-state index is 0.300. The van der Waals surface area contributed by atoms with E-state index in [2.05, 4.69) is 31.7 Å². The second-order valence-electron chi connectivity index (χ2n) is 5.71. The van der Waals surface area contributed by atoms with E-state index in [1.807, 2.05) is 10.9 Å². The van der Waals surface area contributed by atoms with Crippen LogP contribution in [0.3, 0.4) is 0 Å². The Balaban J connectivity index is 1.64. The van der Waals surface area contributed by atoms with Crippen molar-refractivity contribution in [2.75, 3.05) is 19.0 Å². The first-order chi connectivity index (χ1) is 12.1. The van der Waals surface area contributed by atoms with Gasteiger partial charge in [0.15, 0.2) is 5.11 Å². The normalized spacial score (nSPS) is 13.2. The summed E-state index contributed by atoms with van der Waals surface area (Å²) in [6, 6.07) is 0. The van der Waals surface area contributed by atoms with Crippen LogP contribution in [0.15, 0.2) is 16.9 Å². The molecule has 0 atom stereocenters. The summed E-state index contributed by atoms with van der Waals surface area (Å²) in [4.78, 5) is 13.5. The lowest BCUT2D eigenvalue weighted by Crippen LogP contribution is -2.31. The minimum atomic E-state index is -0.300. The van der Waals surface area contributed by atoms with E-state index in [0.717, 1.165) is 40.7 Å². The van der Waals surface area contributed by atoms with E-state index < -0.39 is 0 Å². The van der Waals surface area contributed by atoms with Gasteiger partial charge in [-0.25, -0.2) is 4.79 Å². The molecule has 2 heterocycles. The molecular weight excluding hydrogens is 424 g/mol. The molecule has 0 spiro atoms. The number of hydrogen-bond donors (Lipinski definition) is 2. The molecule has 1 aliphatic carbocycles. The summed E-state index contributed by atoms with van der Waals surface area (Å²) in [6.07, 6.45) is 7.85. The molecule has 0 saturated heterocycles. The number of nitrogens with zero attached hydrogens (tertiary/aromatic N) is 2. The molecule has 0 saturated carbocycles. The number of carbonyl (C=O) groups is 1. The molecule has 2 aromatic rings. The number of thiophene rings is 1. The molecule has 2 N–H and O–H groups in total. The molecule has 0 aromatic carbocycles. The summed E-state index contributed by atoms with van der Waals surface area (Å²) in [5, 5.41) is 11.8. The highest BCUT2D eigenvalue weighted by atomic mass is 79.9. The smallest absolute Gasteiger partial charge is 0.341 e. The quantitative estimate of drug-likeness (QED) is 0.546. The van der Waals surface area contributed by atoms with Gasteiger partial charge >= 0.3 is 5.97 Å². The van der Waals surface area contributed by atoms with Crippen molar-refractivity contribution in [1.29, 1.82) is 0 Å². The molecule has 0 unspecified atom stereocenters. The van der Waals surface area contributed by atoms with Crippen LogP contribution in [0.2, 0.25) is 0 Å². The number of halogens is 1. The van der Waals surface area contributed by atoms with E-state index in [1.165, 1.54) is 12.0 Å². The van der Waals surface area contributed by atoms with Gasteiger partial charge < -0.3 is 15.4 Å². The van der Waals surface area contributed by atoms with Crippen molar-refractivity contribution in [3.05, 3.63) is 32.9 Å². The number of fused-ring (bicyclic) bond motifs is 1. The fourth-order valence-electron chi connectivity index (χ4n) is 2.86. The predicted molar refractivity (Wildman–Crippen MR) is 106 cm³/mol. The van der Waals surface area contributed by atoms with Crippen molar-refractivity contribution < 1.29 is 9.53 Å². The zero-order valence-electron chi connectivity index (χ0n) is 13.8. The fourth-order valence-corrected chi connectivity index (χ4v) is 4.74. The number of carbonyl (C=O) groups excluding carboxylic acids is 1. The molecule has 0 aliphatic heterocycles. The maximum Gasteiger partial charge on any atom is 0.341 e. The van der Waals surface area contributed by atoms with Crippen LogP contribution in [0, 0.1) is 0 Å². The summed E-state index contributed by atoms with van der Waals surface area (Å²) >= 11 is 10.3. The fraction of sp³-hybridized carbons (Fsp3) is 0.438. The molecule has 3 rings (SSSR count). The van der Waals surface area contributed by atoms with Crippen LogP contribution in [0.25, 0.3) is 0 Å². The lowest BCUT2D eigenvalue weighted by molar-refractivity contribution is 0.0601. The second-order valence-corrected chi connectivity index (χ2v) is 8.14. The van der Waals surface area contributed by atoms with Crippen LogP contribution in [-0.2, 0) is 24.1 Å². The second kappa shape index (κ2) is 8.29. The lowest BCUT2D eigenvalue weighted by atomic mass is 9.95. The largest absolute Gasteiger partial charge is 0.465 e. The summed E-state index contributed by atoms with van der Waals surface area (Å²) in [5.41, 5.74) is 1.76. The van der Waals surface area contributed by atoms with E-state index in [9.17, 15) is 4.79 Å². The van der Waals surface area contributed by atoms with Crippen molar-refractivity contribution in [2.24, 2.45) is 0 Å². The van der Waals surface area contributed by atoms with Gasteiger partial charge in [0.25, 0.3) is 0 Å². The highest BCUT2D eigenvalue weighted by Crippen LogP contribution is 2.38. The third-order valence-electron chi connectivity index (χ3n) is 4.02. The molecule has 0 fully saturated rings. The third kappa shape index (κ3) is 4.39.